The largest absolute Gasteiger partial charge is 0.496 e. The molecule has 9 nitrogen and oxygen atoms in total. The molecule has 1 atom stereocenters. The SMILES string of the molecule is CCNC(=O)N1CCCC1c1noc(CCC(=O)NCc2ccccc2OC)n1. The Hall–Kier alpha value is -3.10. The molecule has 9 heteroatoms. The second-order valence-corrected chi connectivity index (χ2v) is 6.82. The van der Waals surface area contributed by atoms with E-state index in [0.717, 1.165) is 24.2 Å². The molecule has 1 aliphatic rings. The van der Waals surface area contributed by atoms with Crippen molar-refractivity contribution in [2.45, 2.75) is 45.2 Å². The molecule has 0 radical (unpaired) electrons. The Balaban J connectivity index is 1.50. The quantitative estimate of drug-likeness (QED) is 0.702. The van der Waals surface area contributed by atoms with Gasteiger partial charge < -0.3 is 24.8 Å². The van der Waals surface area contributed by atoms with Crippen LogP contribution in [0.5, 0.6) is 5.75 Å². The van der Waals surface area contributed by atoms with Crippen LogP contribution in [0.15, 0.2) is 28.8 Å². The van der Waals surface area contributed by atoms with E-state index in [1.807, 2.05) is 31.2 Å². The summed E-state index contributed by atoms with van der Waals surface area (Å²) in [6.07, 6.45) is 2.28. The molecule has 1 fully saturated rings. The molecule has 2 N–H and O–H groups in total. The van der Waals surface area contributed by atoms with Crippen molar-refractivity contribution in [3.8, 4) is 5.75 Å². The van der Waals surface area contributed by atoms with Crippen LogP contribution in [-0.4, -0.2) is 47.2 Å². The number of rotatable bonds is 8. The van der Waals surface area contributed by atoms with Crippen molar-refractivity contribution in [2.24, 2.45) is 0 Å². The van der Waals surface area contributed by atoms with Crippen molar-refractivity contribution in [1.82, 2.24) is 25.7 Å². The summed E-state index contributed by atoms with van der Waals surface area (Å²) in [5.41, 5.74) is 0.912. The summed E-state index contributed by atoms with van der Waals surface area (Å²) >= 11 is 0. The van der Waals surface area contributed by atoms with Gasteiger partial charge in [0.25, 0.3) is 0 Å². The van der Waals surface area contributed by atoms with E-state index in [1.165, 1.54) is 0 Å². The number of urea groups is 1. The fourth-order valence-corrected chi connectivity index (χ4v) is 3.39. The highest BCUT2D eigenvalue weighted by molar-refractivity contribution is 5.76. The average Bonchev–Trinajstić information content (AvgIpc) is 3.40. The molecule has 3 amide bonds. The van der Waals surface area contributed by atoms with Gasteiger partial charge in [0.05, 0.1) is 13.2 Å². The fourth-order valence-electron chi connectivity index (χ4n) is 3.39. The maximum Gasteiger partial charge on any atom is 0.318 e. The monoisotopic (exact) mass is 401 g/mol. The zero-order chi connectivity index (χ0) is 20.6. The Morgan fingerprint density at radius 1 is 1.31 bits per heavy atom. The topological polar surface area (TPSA) is 110 Å². The molecule has 156 valence electrons. The van der Waals surface area contributed by atoms with E-state index in [1.54, 1.807) is 12.0 Å². The van der Waals surface area contributed by atoms with Crippen molar-refractivity contribution in [1.29, 1.82) is 0 Å². The number of methoxy groups -OCH3 is 1. The van der Waals surface area contributed by atoms with Crippen LogP contribution in [0.25, 0.3) is 0 Å². The van der Waals surface area contributed by atoms with Crippen molar-refractivity contribution in [3.05, 3.63) is 41.5 Å². The molecular weight excluding hydrogens is 374 g/mol. The number of nitrogens with one attached hydrogen (secondary N) is 2. The Morgan fingerprint density at radius 3 is 2.93 bits per heavy atom. The second-order valence-electron chi connectivity index (χ2n) is 6.82. The van der Waals surface area contributed by atoms with E-state index in [4.69, 9.17) is 9.26 Å². The van der Waals surface area contributed by atoms with Crippen LogP contribution in [-0.2, 0) is 17.8 Å². The molecule has 1 aliphatic heterocycles. The first-order valence-electron chi connectivity index (χ1n) is 9.88. The zero-order valence-corrected chi connectivity index (χ0v) is 16.8. The molecule has 0 saturated carbocycles. The van der Waals surface area contributed by atoms with E-state index >= 15 is 0 Å². The van der Waals surface area contributed by atoms with Gasteiger partial charge in [-0.1, -0.05) is 23.4 Å². The molecule has 1 saturated heterocycles. The summed E-state index contributed by atoms with van der Waals surface area (Å²) in [6.45, 7) is 3.52. The number of aromatic nitrogens is 2. The normalized spacial score (nSPS) is 15.9. The third kappa shape index (κ3) is 5.24. The van der Waals surface area contributed by atoms with Crippen molar-refractivity contribution in [3.63, 3.8) is 0 Å². The van der Waals surface area contributed by atoms with Crippen molar-refractivity contribution >= 4 is 11.9 Å². The number of carbonyl (C=O) groups is 2. The van der Waals surface area contributed by atoms with Crippen LogP contribution < -0.4 is 15.4 Å². The lowest BCUT2D eigenvalue weighted by Gasteiger charge is -2.22. The lowest BCUT2D eigenvalue weighted by Crippen LogP contribution is -2.39. The average molecular weight is 401 g/mol. The van der Waals surface area contributed by atoms with Crippen LogP contribution in [0.1, 0.15) is 49.5 Å². The van der Waals surface area contributed by atoms with Gasteiger partial charge in [0.1, 0.15) is 5.75 Å². The van der Waals surface area contributed by atoms with E-state index in [2.05, 4.69) is 20.8 Å². The lowest BCUT2D eigenvalue weighted by atomic mass is 10.2. The zero-order valence-electron chi connectivity index (χ0n) is 16.8. The number of para-hydroxylation sites is 1. The standard InChI is InChI=1S/C20H27N5O4/c1-3-21-20(27)25-12-6-8-15(25)19-23-18(29-24-19)11-10-17(26)22-13-14-7-4-5-9-16(14)28-2/h4-5,7,9,15H,3,6,8,10-13H2,1-2H3,(H,21,27)(H,22,26). The molecule has 1 unspecified atom stereocenters. The first-order chi connectivity index (χ1) is 14.1. The van der Waals surface area contributed by atoms with Crippen molar-refractivity contribution in [2.75, 3.05) is 20.2 Å². The van der Waals surface area contributed by atoms with E-state index in [-0.39, 0.29) is 24.4 Å². The van der Waals surface area contributed by atoms with E-state index < -0.39 is 0 Å². The molecule has 3 rings (SSSR count). The van der Waals surface area contributed by atoms with Gasteiger partial charge in [0.15, 0.2) is 5.82 Å². The van der Waals surface area contributed by atoms with Crippen LogP contribution in [0.2, 0.25) is 0 Å². The summed E-state index contributed by atoms with van der Waals surface area (Å²) in [4.78, 5) is 30.5. The molecule has 0 spiro atoms. The summed E-state index contributed by atoms with van der Waals surface area (Å²) in [5, 5.41) is 9.71. The maximum atomic E-state index is 12.2. The Bertz CT molecular complexity index is 838. The lowest BCUT2D eigenvalue weighted by molar-refractivity contribution is -0.121. The molecular formula is C20H27N5O4. The smallest absolute Gasteiger partial charge is 0.318 e. The van der Waals surface area contributed by atoms with Gasteiger partial charge in [0.2, 0.25) is 11.8 Å². The number of amides is 3. The molecule has 2 aromatic rings. The number of carbonyl (C=O) groups excluding carboxylic acids is 2. The van der Waals surface area contributed by atoms with Crippen LogP contribution >= 0.6 is 0 Å². The third-order valence-electron chi connectivity index (χ3n) is 4.86. The highest BCUT2D eigenvalue weighted by Crippen LogP contribution is 2.30. The Kier molecular flexibility index (Phi) is 7.04. The maximum absolute atomic E-state index is 12.2. The number of nitrogens with zero attached hydrogens (tertiary/aromatic N) is 3. The predicted octanol–water partition coefficient (Wildman–Crippen LogP) is 2.19. The Morgan fingerprint density at radius 2 is 2.14 bits per heavy atom. The van der Waals surface area contributed by atoms with Gasteiger partial charge in [-0.3, -0.25) is 4.79 Å². The number of hydrogen-bond donors (Lipinski definition) is 2. The van der Waals surface area contributed by atoms with Gasteiger partial charge in [-0.2, -0.15) is 4.98 Å². The minimum atomic E-state index is -0.182. The first-order valence-corrected chi connectivity index (χ1v) is 9.88. The molecule has 2 heterocycles. The first kappa shape index (κ1) is 20.6. The van der Waals surface area contributed by atoms with Crippen LogP contribution in [0.3, 0.4) is 0 Å². The highest BCUT2D eigenvalue weighted by atomic mass is 16.5. The molecule has 29 heavy (non-hydrogen) atoms. The summed E-state index contributed by atoms with van der Waals surface area (Å²) < 4.78 is 10.6. The molecule has 1 aromatic carbocycles. The van der Waals surface area contributed by atoms with Crippen LogP contribution in [0.4, 0.5) is 4.79 Å². The van der Waals surface area contributed by atoms with Crippen molar-refractivity contribution < 1.29 is 18.8 Å². The number of likely N-dealkylation sites (tertiary alicyclic amines) is 1. The third-order valence-corrected chi connectivity index (χ3v) is 4.86. The fraction of sp³-hybridized carbons (Fsp3) is 0.500. The second kappa shape index (κ2) is 9.90. The van der Waals surface area contributed by atoms with Gasteiger partial charge in [-0.05, 0) is 25.8 Å². The van der Waals surface area contributed by atoms with E-state index in [9.17, 15) is 9.59 Å². The molecule has 1 aromatic heterocycles. The summed E-state index contributed by atoms with van der Waals surface area (Å²) in [7, 11) is 1.60. The minimum Gasteiger partial charge on any atom is -0.496 e. The number of ether oxygens (including phenoxy) is 1. The van der Waals surface area contributed by atoms with E-state index in [0.29, 0.717) is 37.8 Å². The molecule has 0 bridgehead atoms. The number of hydrogen-bond acceptors (Lipinski definition) is 6. The van der Waals surface area contributed by atoms with Gasteiger partial charge in [-0.25, -0.2) is 4.79 Å². The molecule has 0 aliphatic carbocycles. The predicted molar refractivity (Wildman–Crippen MR) is 105 cm³/mol. The highest BCUT2D eigenvalue weighted by Gasteiger charge is 2.33. The van der Waals surface area contributed by atoms with Gasteiger partial charge >= 0.3 is 6.03 Å². The summed E-state index contributed by atoms with van der Waals surface area (Å²) in [5.74, 6) is 1.52. The van der Waals surface area contributed by atoms with Gasteiger partial charge in [0, 0.05) is 38.0 Å². The van der Waals surface area contributed by atoms with Crippen LogP contribution in [0, 0.1) is 0 Å². The minimum absolute atomic E-state index is 0.111. The Labute approximate surface area is 169 Å². The number of benzene rings is 1. The van der Waals surface area contributed by atoms with Gasteiger partial charge in [-0.15, -0.1) is 0 Å². The summed E-state index contributed by atoms with van der Waals surface area (Å²) in [6, 6.07) is 7.25. The number of aryl methyl sites for hydroxylation is 1.